The molecule has 0 spiro atoms. The normalized spacial score (nSPS) is 20.1. The van der Waals surface area contributed by atoms with E-state index < -0.39 is 0 Å². The van der Waals surface area contributed by atoms with Crippen LogP contribution in [0.2, 0.25) is 5.02 Å². The number of ether oxygens (including phenoxy) is 1. The van der Waals surface area contributed by atoms with Gasteiger partial charge in [0.05, 0.1) is 30.5 Å². The zero-order chi connectivity index (χ0) is 23.7. The first-order chi connectivity index (χ1) is 16.6. The lowest BCUT2D eigenvalue weighted by Gasteiger charge is -2.47. The zero-order valence-electron chi connectivity index (χ0n) is 18.4. The minimum atomic E-state index is 0.0631. The number of anilines is 1. The van der Waals surface area contributed by atoms with Crippen LogP contribution < -0.4 is 9.64 Å². The van der Waals surface area contributed by atoms with Crippen molar-refractivity contribution in [3.05, 3.63) is 98.3 Å². The van der Waals surface area contributed by atoms with Gasteiger partial charge in [0.1, 0.15) is 11.8 Å². The van der Waals surface area contributed by atoms with Gasteiger partial charge in [0, 0.05) is 47.2 Å². The summed E-state index contributed by atoms with van der Waals surface area (Å²) in [5, 5.41) is 10.5. The van der Waals surface area contributed by atoms with Crippen LogP contribution in [-0.4, -0.2) is 31.1 Å². The lowest BCUT2D eigenvalue weighted by atomic mass is 9.94. The Hall–Kier alpha value is -3.03. The number of hydrogen-bond donors (Lipinski definition) is 0. The highest BCUT2D eigenvalue weighted by Gasteiger charge is 2.35. The minimum Gasteiger partial charge on any atom is -0.494 e. The lowest BCUT2D eigenvalue weighted by Crippen LogP contribution is -2.50. The summed E-state index contributed by atoms with van der Waals surface area (Å²) in [5.74, 6) is 0.815. The van der Waals surface area contributed by atoms with Crippen molar-refractivity contribution in [1.29, 1.82) is 5.26 Å². The number of halogens is 2. The minimum absolute atomic E-state index is 0.0631. The zero-order valence-corrected chi connectivity index (χ0v) is 20.8. The third-order valence-corrected chi connectivity index (χ3v) is 7.38. The molecular weight excluding hydrogens is 512 g/mol. The van der Waals surface area contributed by atoms with Crippen LogP contribution in [0.15, 0.2) is 65.1 Å². The SMILES string of the molecule is [C-]#[N+]c1ccc2c(c1)OCCC2N1CCN(c2ccc(Br)cc2C#N)[C@H](c2ccc(Cl)cc2)C1. The molecule has 7 heteroatoms. The van der Waals surface area contributed by atoms with E-state index in [0.29, 0.717) is 22.9 Å². The monoisotopic (exact) mass is 532 g/mol. The molecule has 0 aliphatic carbocycles. The second-order valence-corrected chi connectivity index (χ2v) is 9.87. The number of nitriles is 1. The van der Waals surface area contributed by atoms with Gasteiger partial charge in [-0.15, -0.1) is 0 Å². The topological polar surface area (TPSA) is 43.9 Å². The largest absolute Gasteiger partial charge is 0.494 e. The molecule has 2 atom stereocenters. The molecule has 2 aliphatic heterocycles. The Morgan fingerprint density at radius 2 is 1.88 bits per heavy atom. The van der Waals surface area contributed by atoms with Gasteiger partial charge in [-0.05, 0) is 42.0 Å². The van der Waals surface area contributed by atoms with E-state index in [1.54, 1.807) is 0 Å². The third-order valence-electron chi connectivity index (χ3n) is 6.63. The summed E-state index contributed by atoms with van der Waals surface area (Å²) in [4.78, 5) is 8.40. The molecule has 0 saturated carbocycles. The maximum atomic E-state index is 9.81. The molecule has 0 aromatic heterocycles. The molecular formula is C27H22BrClN4O. The van der Waals surface area contributed by atoms with Crippen LogP contribution in [0.3, 0.4) is 0 Å². The van der Waals surface area contributed by atoms with Gasteiger partial charge in [-0.25, -0.2) is 4.85 Å². The summed E-state index contributed by atoms with van der Waals surface area (Å²) in [6.07, 6.45) is 0.902. The Bertz CT molecular complexity index is 1300. The van der Waals surface area contributed by atoms with Gasteiger partial charge < -0.3 is 9.64 Å². The van der Waals surface area contributed by atoms with Crippen LogP contribution in [0, 0.1) is 17.9 Å². The Labute approximate surface area is 213 Å². The molecule has 0 amide bonds. The molecule has 3 aromatic rings. The number of piperazine rings is 1. The standard InChI is InChI=1S/C27H22BrClN4O/c1-31-22-7-8-23-25(10-13-34-27(23)15-22)32-11-12-33(24-9-4-20(28)14-19(24)16-30)26(17-32)18-2-5-21(29)6-3-18/h2-9,14-15,25-26H,10-13,17H2/t25?,26-/m0/s1. The van der Waals surface area contributed by atoms with Crippen molar-refractivity contribution in [3.63, 3.8) is 0 Å². The molecule has 2 aliphatic rings. The predicted octanol–water partition coefficient (Wildman–Crippen LogP) is 6.91. The lowest BCUT2D eigenvalue weighted by molar-refractivity contribution is 0.117. The van der Waals surface area contributed by atoms with E-state index >= 15 is 0 Å². The van der Waals surface area contributed by atoms with Gasteiger partial charge in [0.2, 0.25) is 0 Å². The maximum Gasteiger partial charge on any atom is 0.190 e. The van der Waals surface area contributed by atoms with Crippen LogP contribution in [0.1, 0.15) is 35.2 Å². The summed E-state index contributed by atoms with van der Waals surface area (Å²) in [6, 6.07) is 22.3. The summed E-state index contributed by atoms with van der Waals surface area (Å²) < 4.78 is 6.80. The molecule has 5 rings (SSSR count). The predicted molar refractivity (Wildman–Crippen MR) is 138 cm³/mol. The number of rotatable bonds is 3. The second kappa shape index (κ2) is 9.68. The second-order valence-electron chi connectivity index (χ2n) is 8.52. The maximum absolute atomic E-state index is 9.81. The molecule has 34 heavy (non-hydrogen) atoms. The average molecular weight is 534 g/mol. The van der Waals surface area contributed by atoms with Crippen LogP contribution >= 0.6 is 27.5 Å². The van der Waals surface area contributed by atoms with E-state index in [2.05, 4.69) is 48.8 Å². The van der Waals surface area contributed by atoms with Crippen molar-refractivity contribution in [1.82, 2.24) is 4.90 Å². The Morgan fingerprint density at radius 1 is 1.06 bits per heavy atom. The van der Waals surface area contributed by atoms with Crippen molar-refractivity contribution in [3.8, 4) is 11.8 Å². The Morgan fingerprint density at radius 3 is 2.65 bits per heavy atom. The van der Waals surface area contributed by atoms with E-state index in [1.807, 2.05) is 48.5 Å². The van der Waals surface area contributed by atoms with Crippen LogP contribution in [0.4, 0.5) is 11.4 Å². The van der Waals surface area contributed by atoms with Crippen molar-refractivity contribution >= 4 is 38.9 Å². The van der Waals surface area contributed by atoms with Crippen LogP contribution in [0.5, 0.6) is 5.75 Å². The summed E-state index contributed by atoms with van der Waals surface area (Å²) >= 11 is 9.69. The van der Waals surface area contributed by atoms with Crippen molar-refractivity contribution in [2.75, 3.05) is 31.1 Å². The fourth-order valence-electron chi connectivity index (χ4n) is 5.00. The molecule has 1 saturated heterocycles. The van der Waals surface area contributed by atoms with Crippen molar-refractivity contribution in [2.24, 2.45) is 0 Å². The fraction of sp³-hybridized carbons (Fsp3) is 0.259. The number of fused-ring (bicyclic) bond motifs is 1. The smallest absolute Gasteiger partial charge is 0.190 e. The molecule has 0 bridgehead atoms. The van der Waals surface area contributed by atoms with Gasteiger partial charge >= 0.3 is 0 Å². The van der Waals surface area contributed by atoms with Crippen LogP contribution in [-0.2, 0) is 0 Å². The van der Waals surface area contributed by atoms with E-state index in [-0.39, 0.29) is 12.1 Å². The fourth-order valence-corrected chi connectivity index (χ4v) is 5.49. The van der Waals surface area contributed by atoms with Crippen LogP contribution in [0.25, 0.3) is 4.85 Å². The highest BCUT2D eigenvalue weighted by Crippen LogP contribution is 2.42. The van der Waals surface area contributed by atoms with E-state index in [4.69, 9.17) is 22.9 Å². The molecule has 3 aromatic carbocycles. The summed E-state index contributed by atoms with van der Waals surface area (Å²) in [7, 11) is 0. The molecule has 1 fully saturated rings. The highest BCUT2D eigenvalue weighted by atomic mass is 79.9. The van der Waals surface area contributed by atoms with E-state index in [0.717, 1.165) is 53.1 Å². The number of hydrogen-bond acceptors (Lipinski definition) is 4. The van der Waals surface area contributed by atoms with Gasteiger partial charge in [-0.3, -0.25) is 4.90 Å². The molecule has 0 N–H and O–H groups in total. The van der Waals surface area contributed by atoms with E-state index in [1.165, 1.54) is 0 Å². The molecule has 2 heterocycles. The van der Waals surface area contributed by atoms with Crippen molar-refractivity contribution < 1.29 is 4.74 Å². The molecule has 0 radical (unpaired) electrons. The quantitative estimate of drug-likeness (QED) is 0.343. The Balaban J connectivity index is 1.51. The highest BCUT2D eigenvalue weighted by molar-refractivity contribution is 9.10. The average Bonchev–Trinajstić information content (AvgIpc) is 2.88. The number of nitrogens with zero attached hydrogens (tertiary/aromatic N) is 4. The van der Waals surface area contributed by atoms with Gasteiger partial charge in [0.25, 0.3) is 0 Å². The third kappa shape index (κ3) is 4.38. The molecule has 5 nitrogen and oxygen atoms in total. The summed E-state index contributed by atoms with van der Waals surface area (Å²) in [6.45, 7) is 10.4. The first-order valence-corrected chi connectivity index (χ1v) is 12.3. The van der Waals surface area contributed by atoms with E-state index in [9.17, 15) is 5.26 Å². The molecule has 170 valence electrons. The van der Waals surface area contributed by atoms with Gasteiger partial charge in [-0.1, -0.05) is 51.8 Å². The van der Waals surface area contributed by atoms with Crippen molar-refractivity contribution in [2.45, 2.75) is 18.5 Å². The molecule has 1 unspecified atom stereocenters. The first kappa shape index (κ1) is 22.7. The number of benzene rings is 3. The Kier molecular flexibility index (Phi) is 6.48. The van der Waals surface area contributed by atoms with Gasteiger partial charge in [-0.2, -0.15) is 5.26 Å². The summed E-state index contributed by atoms with van der Waals surface area (Å²) in [5.41, 5.74) is 4.51. The van der Waals surface area contributed by atoms with Gasteiger partial charge in [0.15, 0.2) is 5.69 Å². The first-order valence-electron chi connectivity index (χ1n) is 11.2.